The van der Waals surface area contributed by atoms with E-state index in [1.54, 1.807) is 6.07 Å². The molecule has 0 radical (unpaired) electrons. The smallest absolute Gasteiger partial charge is 0.735 e. The van der Waals surface area contributed by atoms with E-state index in [0.717, 1.165) is 22.3 Å². The van der Waals surface area contributed by atoms with Crippen LogP contribution in [0, 0.1) is 0 Å². The van der Waals surface area contributed by atoms with Gasteiger partial charge in [0.2, 0.25) is 0 Å². The standard InChI is InChI=1S/C14H16BrNO5S.K/c1-16(22(18,19)20)8-11(17)9-21-13-7-6-10-4-2-3-5-12(10)14(13)15;/h2-7,11,17H,8-9H2,1H3,(H,18,19,20);/q;+1/p-1. The molecular formula is C14H15BrKNO5S. The summed E-state index contributed by atoms with van der Waals surface area (Å²) < 4.78 is 39.0. The molecule has 2 rings (SSSR count). The van der Waals surface area contributed by atoms with E-state index in [-0.39, 0.29) is 64.5 Å². The minimum absolute atomic E-state index is 0. The molecule has 0 aliphatic carbocycles. The maximum absolute atomic E-state index is 10.8. The van der Waals surface area contributed by atoms with Gasteiger partial charge in [-0.3, -0.25) is 0 Å². The maximum atomic E-state index is 10.8. The van der Waals surface area contributed by atoms with Crippen molar-refractivity contribution in [3.05, 3.63) is 40.9 Å². The molecule has 6 nitrogen and oxygen atoms in total. The van der Waals surface area contributed by atoms with Gasteiger partial charge < -0.3 is 14.4 Å². The van der Waals surface area contributed by atoms with Crippen LogP contribution in [0.15, 0.2) is 40.9 Å². The fourth-order valence-electron chi connectivity index (χ4n) is 1.95. The number of halogens is 1. The first-order valence-electron chi connectivity index (χ1n) is 6.44. The third kappa shape index (κ3) is 6.03. The van der Waals surface area contributed by atoms with Crippen molar-refractivity contribution >= 4 is 37.0 Å². The van der Waals surface area contributed by atoms with Crippen molar-refractivity contribution in [3.63, 3.8) is 0 Å². The second-order valence-electron chi connectivity index (χ2n) is 4.80. The molecule has 0 aliphatic heterocycles. The Kier molecular flexibility index (Phi) is 8.62. The summed E-state index contributed by atoms with van der Waals surface area (Å²) in [6.07, 6.45) is -1.10. The largest absolute Gasteiger partial charge is 1.00 e. The van der Waals surface area contributed by atoms with Crippen LogP contribution in [0.25, 0.3) is 10.8 Å². The first kappa shape index (κ1) is 21.5. The van der Waals surface area contributed by atoms with Gasteiger partial charge in [0.25, 0.3) is 0 Å². The van der Waals surface area contributed by atoms with Gasteiger partial charge in [-0.2, -0.15) is 0 Å². The molecule has 1 N–H and O–H groups in total. The van der Waals surface area contributed by atoms with Gasteiger partial charge in [0, 0.05) is 13.6 Å². The van der Waals surface area contributed by atoms with E-state index in [4.69, 9.17) is 4.74 Å². The molecular weight excluding hydrogens is 413 g/mol. The van der Waals surface area contributed by atoms with Gasteiger partial charge in [-0.25, -0.2) is 12.7 Å². The molecule has 0 aromatic heterocycles. The summed E-state index contributed by atoms with van der Waals surface area (Å²) in [4.78, 5) is 0. The van der Waals surface area contributed by atoms with Crippen LogP contribution in [0.4, 0.5) is 0 Å². The Morgan fingerprint density at radius 3 is 2.61 bits per heavy atom. The van der Waals surface area contributed by atoms with Crippen molar-refractivity contribution in [2.75, 3.05) is 20.2 Å². The van der Waals surface area contributed by atoms with Crippen LogP contribution in [0.3, 0.4) is 0 Å². The fraction of sp³-hybridized carbons (Fsp3) is 0.286. The predicted molar refractivity (Wildman–Crippen MR) is 85.5 cm³/mol. The number of likely N-dealkylation sites (N-methyl/N-ethyl adjacent to an activating group) is 1. The van der Waals surface area contributed by atoms with Gasteiger partial charge >= 0.3 is 51.4 Å². The number of fused-ring (bicyclic) bond motifs is 1. The van der Waals surface area contributed by atoms with Crippen molar-refractivity contribution in [2.24, 2.45) is 0 Å². The fourth-order valence-corrected chi connectivity index (χ4v) is 2.91. The average Bonchev–Trinajstić information content (AvgIpc) is 2.46. The zero-order valence-electron chi connectivity index (χ0n) is 12.8. The summed E-state index contributed by atoms with van der Waals surface area (Å²) in [6, 6.07) is 11.4. The molecule has 0 fully saturated rings. The van der Waals surface area contributed by atoms with E-state index in [1.807, 2.05) is 30.3 Å². The number of ether oxygens (including phenoxy) is 1. The summed E-state index contributed by atoms with van der Waals surface area (Å²) >= 11 is 3.45. The Morgan fingerprint density at radius 2 is 1.96 bits per heavy atom. The first-order chi connectivity index (χ1) is 10.3. The number of rotatable bonds is 6. The third-order valence-corrected chi connectivity index (χ3v) is 4.84. The molecule has 0 saturated carbocycles. The average molecular weight is 428 g/mol. The Labute approximate surface area is 186 Å². The third-order valence-electron chi connectivity index (χ3n) is 3.11. The van der Waals surface area contributed by atoms with Crippen LogP contribution in [0.5, 0.6) is 5.75 Å². The zero-order chi connectivity index (χ0) is 16.3. The number of aliphatic hydroxyl groups is 1. The molecule has 1 unspecified atom stereocenters. The van der Waals surface area contributed by atoms with Crippen LogP contribution in [-0.2, 0) is 10.3 Å². The first-order valence-corrected chi connectivity index (χ1v) is 8.60. The monoisotopic (exact) mass is 427 g/mol. The quantitative estimate of drug-likeness (QED) is 0.458. The van der Waals surface area contributed by atoms with Crippen molar-refractivity contribution in [1.29, 1.82) is 0 Å². The van der Waals surface area contributed by atoms with Crippen LogP contribution in [0.2, 0.25) is 0 Å². The Hall–Kier alpha value is 0.446. The second-order valence-corrected chi connectivity index (χ2v) is 7.07. The molecule has 2 aromatic carbocycles. The number of aliphatic hydroxyl groups excluding tert-OH is 1. The van der Waals surface area contributed by atoms with Crippen LogP contribution >= 0.6 is 15.9 Å². The molecule has 1 atom stereocenters. The normalized spacial score (nSPS) is 12.9. The van der Waals surface area contributed by atoms with E-state index in [2.05, 4.69) is 15.9 Å². The minimum Gasteiger partial charge on any atom is -0.735 e. The summed E-state index contributed by atoms with van der Waals surface area (Å²) in [7, 11) is -3.45. The molecule has 9 heteroatoms. The van der Waals surface area contributed by atoms with Crippen molar-refractivity contribution in [3.8, 4) is 5.75 Å². The van der Waals surface area contributed by atoms with E-state index in [0.29, 0.717) is 10.1 Å². The summed E-state index contributed by atoms with van der Waals surface area (Å²) in [5, 5.41) is 11.8. The molecule has 0 heterocycles. The van der Waals surface area contributed by atoms with Crippen molar-refractivity contribution in [1.82, 2.24) is 4.31 Å². The predicted octanol–water partition coefficient (Wildman–Crippen LogP) is -1.26. The topological polar surface area (TPSA) is 89.9 Å². The van der Waals surface area contributed by atoms with E-state index in [1.165, 1.54) is 0 Å². The van der Waals surface area contributed by atoms with E-state index in [9.17, 15) is 18.1 Å². The van der Waals surface area contributed by atoms with Crippen LogP contribution in [-0.4, -0.2) is 48.7 Å². The number of benzene rings is 2. The molecule has 0 bridgehead atoms. The van der Waals surface area contributed by atoms with Crippen LogP contribution in [0.1, 0.15) is 0 Å². The molecule has 23 heavy (non-hydrogen) atoms. The zero-order valence-corrected chi connectivity index (χ0v) is 18.3. The summed E-state index contributed by atoms with van der Waals surface area (Å²) in [5.74, 6) is 0.533. The van der Waals surface area contributed by atoms with E-state index >= 15 is 0 Å². The SMILES string of the molecule is CN(CC(O)COc1ccc2ccccc2c1Br)S(=O)(=O)[O-].[K+]. The van der Waals surface area contributed by atoms with Crippen molar-refractivity contribution in [2.45, 2.75) is 6.10 Å². The van der Waals surface area contributed by atoms with Gasteiger partial charge in [0.1, 0.15) is 18.5 Å². The summed E-state index contributed by atoms with van der Waals surface area (Å²) in [5.41, 5.74) is 0. The Bertz CT molecular complexity index is 771. The van der Waals surface area contributed by atoms with Crippen molar-refractivity contribution < 1.29 is 74.2 Å². The van der Waals surface area contributed by atoms with Crippen LogP contribution < -0.4 is 56.1 Å². The second kappa shape index (κ2) is 9.23. The molecule has 0 saturated heterocycles. The summed E-state index contributed by atoms with van der Waals surface area (Å²) in [6.45, 7) is -0.451. The number of hydrogen-bond donors (Lipinski definition) is 1. The van der Waals surface area contributed by atoms with Gasteiger partial charge in [0.05, 0.1) is 4.47 Å². The van der Waals surface area contributed by atoms with Gasteiger partial charge in [-0.05, 0) is 32.8 Å². The van der Waals surface area contributed by atoms with E-state index < -0.39 is 16.4 Å². The molecule has 120 valence electrons. The van der Waals surface area contributed by atoms with Gasteiger partial charge in [0.15, 0.2) is 10.3 Å². The molecule has 0 spiro atoms. The Morgan fingerprint density at radius 1 is 1.30 bits per heavy atom. The number of nitrogens with zero attached hydrogens (tertiary/aromatic N) is 1. The molecule has 0 amide bonds. The van der Waals surface area contributed by atoms with Gasteiger partial charge in [-0.1, -0.05) is 30.3 Å². The molecule has 2 aromatic rings. The molecule has 0 aliphatic rings. The minimum atomic E-state index is -4.56. The van der Waals surface area contributed by atoms with Gasteiger partial charge in [-0.15, -0.1) is 0 Å². The maximum Gasteiger partial charge on any atom is 1.00 e. The number of hydrogen-bond acceptors (Lipinski definition) is 5. The Balaban J connectivity index is 0.00000264.